The van der Waals surface area contributed by atoms with E-state index >= 15 is 0 Å². The molecule has 0 bridgehead atoms. The molecular formula is C11H6BrF2N3O4. The van der Waals surface area contributed by atoms with Crippen LogP contribution in [0.25, 0.3) is 0 Å². The molecule has 1 N–H and O–H groups in total. The van der Waals surface area contributed by atoms with Gasteiger partial charge in [0.2, 0.25) is 0 Å². The minimum Gasteiger partial charge on any atom is -0.395 e. The van der Waals surface area contributed by atoms with E-state index in [9.17, 15) is 18.4 Å². The highest BCUT2D eigenvalue weighted by Crippen LogP contribution is 2.41. The van der Waals surface area contributed by atoms with Gasteiger partial charge in [0, 0.05) is 0 Å². The third-order valence-electron chi connectivity index (χ3n) is 2.72. The minimum atomic E-state index is -3.71. The van der Waals surface area contributed by atoms with Gasteiger partial charge >= 0.3 is 12.0 Å². The van der Waals surface area contributed by atoms with Crippen LogP contribution >= 0.6 is 15.9 Å². The molecule has 1 aromatic heterocycles. The van der Waals surface area contributed by atoms with Crippen molar-refractivity contribution < 1.29 is 18.3 Å². The molecule has 110 valence electrons. The summed E-state index contributed by atoms with van der Waals surface area (Å²) in [6, 6.07) is 4.00. The lowest BCUT2D eigenvalue weighted by atomic mass is 10.2. The maximum atomic E-state index is 12.9. The third kappa shape index (κ3) is 2.53. The molecule has 0 radical (unpaired) electrons. The number of H-pyrrole nitrogens is 1. The van der Waals surface area contributed by atoms with Crippen LogP contribution in [0, 0.1) is 0 Å². The molecule has 2 aromatic rings. The van der Waals surface area contributed by atoms with Gasteiger partial charge in [-0.15, -0.1) is 8.78 Å². The van der Waals surface area contributed by atoms with Crippen LogP contribution in [0.15, 0.2) is 32.4 Å². The molecule has 0 atom stereocenters. The largest absolute Gasteiger partial charge is 0.586 e. The topological polar surface area (TPSA) is 86.2 Å². The molecule has 21 heavy (non-hydrogen) atoms. The zero-order valence-corrected chi connectivity index (χ0v) is 11.7. The van der Waals surface area contributed by atoms with E-state index in [0.717, 1.165) is 4.57 Å². The molecule has 10 heteroatoms. The van der Waals surface area contributed by atoms with Gasteiger partial charge in [-0.3, -0.25) is 9.36 Å². The van der Waals surface area contributed by atoms with Gasteiger partial charge in [0.15, 0.2) is 16.1 Å². The van der Waals surface area contributed by atoms with Crippen molar-refractivity contribution in [3.63, 3.8) is 0 Å². The molecule has 3 rings (SSSR count). The number of aromatic nitrogens is 3. The highest BCUT2D eigenvalue weighted by Gasteiger charge is 2.43. The normalized spacial score (nSPS) is 15.2. The number of fused-ring (bicyclic) bond motifs is 1. The summed E-state index contributed by atoms with van der Waals surface area (Å²) in [5.41, 5.74) is -0.936. The first-order valence-corrected chi connectivity index (χ1v) is 6.39. The van der Waals surface area contributed by atoms with E-state index in [1.807, 2.05) is 0 Å². The molecule has 0 saturated heterocycles. The van der Waals surface area contributed by atoms with Crippen LogP contribution < -0.4 is 20.7 Å². The Morgan fingerprint density at radius 3 is 2.76 bits per heavy atom. The quantitative estimate of drug-likeness (QED) is 0.864. The number of benzene rings is 1. The molecule has 0 saturated carbocycles. The number of hydrogen-bond donors (Lipinski definition) is 1. The van der Waals surface area contributed by atoms with Crippen molar-refractivity contribution in [2.24, 2.45) is 0 Å². The maximum Gasteiger partial charge on any atom is 0.586 e. The van der Waals surface area contributed by atoms with Crippen LogP contribution in [0.5, 0.6) is 11.5 Å². The summed E-state index contributed by atoms with van der Waals surface area (Å²) in [7, 11) is 0. The van der Waals surface area contributed by atoms with E-state index in [1.165, 1.54) is 18.2 Å². The number of halogens is 3. The fourth-order valence-corrected chi connectivity index (χ4v) is 2.13. The molecule has 0 amide bonds. The number of nitrogens with one attached hydrogen (secondary N) is 1. The molecule has 0 unspecified atom stereocenters. The van der Waals surface area contributed by atoms with E-state index in [4.69, 9.17) is 0 Å². The van der Waals surface area contributed by atoms with Gasteiger partial charge in [-0.25, -0.2) is 9.89 Å². The Labute approximate surface area is 123 Å². The first-order valence-electron chi connectivity index (χ1n) is 5.59. The van der Waals surface area contributed by atoms with E-state index in [-0.39, 0.29) is 22.6 Å². The second-order valence-corrected chi connectivity index (χ2v) is 4.91. The van der Waals surface area contributed by atoms with Gasteiger partial charge in [0.05, 0.1) is 6.54 Å². The van der Waals surface area contributed by atoms with E-state index in [2.05, 4.69) is 35.6 Å². The third-order valence-corrected chi connectivity index (χ3v) is 3.24. The highest BCUT2D eigenvalue weighted by atomic mass is 79.9. The molecule has 1 aliphatic heterocycles. The van der Waals surface area contributed by atoms with Crippen molar-refractivity contribution in [3.8, 4) is 11.5 Å². The predicted octanol–water partition coefficient (Wildman–Crippen LogP) is 1.06. The van der Waals surface area contributed by atoms with Crippen LogP contribution in [0.1, 0.15) is 5.56 Å². The van der Waals surface area contributed by atoms with Crippen LogP contribution in [-0.2, 0) is 6.54 Å². The average molecular weight is 362 g/mol. The first-order chi connectivity index (χ1) is 9.85. The molecule has 2 heterocycles. The number of aromatic amines is 1. The zero-order valence-electron chi connectivity index (χ0n) is 10.1. The van der Waals surface area contributed by atoms with E-state index in [1.54, 1.807) is 0 Å². The van der Waals surface area contributed by atoms with Crippen molar-refractivity contribution in [1.29, 1.82) is 0 Å². The number of nitrogens with zero attached hydrogens (tertiary/aromatic N) is 2. The monoisotopic (exact) mass is 361 g/mol. The Bertz CT molecular complexity index is 833. The van der Waals surface area contributed by atoms with E-state index in [0.29, 0.717) is 5.56 Å². The molecule has 7 nitrogen and oxygen atoms in total. The van der Waals surface area contributed by atoms with E-state index < -0.39 is 17.5 Å². The summed E-state index contributed by atoms with van der Waals surface area (Å²) in [5.74, 6) is -0.268. The smallest absolute Gasteiger partial charge is 0.395 e. The molecular weight excluding hydrogens is 356 g/mol. The van der Waals surface area contributed by atoms with Crippen LogP contribution in [0.4, 0.5) is 8.78 Å². The second kappa shape index (κ2) is 4.65. The Morgan fingerprint density at radius 1 is 1.29 bits per heavy atom. The van der Waals surface area contributed by atoms with Gasteiger partial charge in [0.25, 0.3) is 5.56 Å². The lowest BCUT2D eigenvalue weighted by molar-refractivity contribution is -0.286. The zero-order chi connectivity index (χ0) is 15.2. The minimum absolute atomic E-state index is 0.0608. The number of hydrogen-bond acceptors (Lipinski definition) is 5. The van der Waals surface area contributed by atoms with Crippen molar-refractivity contribution in [1.82, 2.24) is 14.8 Å². The van der Waals surface area contributed by atoms with Gasteiger partial charge < -0.3 is 9.47 Å². The number of alkyl halides is 2. The summed E-state index contributed by atoms with van der Waals surface area (Å²) < 4.78 is 35.2. The molecule has 0 spiro atoms. The van der Waals surface area contributed by atoms with Crippen molar-refractivity contribution in [2.75, 3.05) is 0 Å². The second-order valence-electron chi connectivity index (χ2n) is 4.16. The summed E-state index contributed by atoms with van der Waals surface area (Å²) in [6.45, 7) is -0.127. The predicted molar refractivity (Wildman–Crippen MR) is 68.6 cm³/mol. The molecule has 1 aliphatic rings. The van der Waals surface area contributed by atoms with Gasteiger partial charge in [-0.1, -0.05) is 6.07 Å². The van der Waals surface area contributed by atoms with Crippen LogP contribution in [0.3, 0.4) is 0 Å². The Hall–Kier alpha value is -2.23. The number of ether oxygens (including phenoxy) is 2. The van der Waals surface area contributed by atoms with Crippen LogP contribution in [0.2, 0.25) is 0 Å². The fourth-order valence-electron chi connectivity index (χ4n) is 1.83. The standard InChI is InChI=1S/C11H6BrF2N3O4/c12-8-9(18)17(10(19)16-15-8)4-5-1-2-6-7(3-5)21-11(13,14)20-6/h1-3H,4H2,(H,16,19). The summed E-state index contributed by atoms with van der Waals surface area (Å²) in [6.07, 6.45) is -3.71. The summed E-state index contributed by atoms with van der Waals surface area (Å²) >= 11 is 2.90. The lowest BCUT2D eigenvalue weighted by Crippen LogP contribution is -2.36. The SMILES string of the molecule is O=c1[nH]nc(Br)c(=O)n1Cc1ccc2c(c1)OC(F)(F)O2. The van der Waals surface area contributed by atoms with Crippen LogP contribution in [-0.4, -0.2) is 21.1 Å². The Kier molecular flexibility index (Phi) is 3.04. The summed E-state index contributed by atoms with van der Waals surface area (Å²) in [5, 5.41) is 5.59. The highest BCUT2D eigenvalue weighted by molar-refractivity contribution is 9.10. The van der Waals surface area contributed by atoms with Crippen molar-refractivity contribution in [2.45, 2.75) is 12.8 Å². The molecule has 0 fully saturated rings. The van der Waals surface area contributed by atoms with Gasteiger partial charge in [-0.2, -0.15) is 5.10 Å². The lowest BCUT2D eigenvalue weighted by Gasteiger charge is -2.05. The van der Waals surface area contributed by atoms with Gasteiger partial charge in [-0.05, 0) is 33.6 Å². The van der Waals surface area contributed by atoms with Crippen molar-refractivity contribution >= 4 is 15.9 Å². The number of rotatable bonds is 2. The van der Waals surface area contributed by atoms with Gasteiger partial charge in [0.1, 0.15) is 0 Å². The Balaban J connectivity index is 1.97. The fraction of sp³-hybridized carbons (Fsp3) is 0.182. The average Bonchev–Trinajstić information content (AvgIpc) is 2.72. The first kappa shape index (κ1) is 13.7. The molecule has 1 aromatic carbocycles. The summed E-state index contributed by atoms with van der Waals surface area (Å²) in [4.78, 5) is 23.4. The molecule has 0 aliphatic carbocycles. The maximum absolute atomic E-state index is 12.9. The Morgan fingerprint density at radius 2 is 2.00 bits per heavy atom. The van der Waals surface area contributed by atoms with Crippen molar-refractivity contribution in [3.05, 3.63) is 49.2 Å².